The minimum Gasteiger partial charge on any atom is -0.494 e. The van der Waals surface area contributed by atoms with Crippen LogP contribution in [0.3, 0.4) is 0 Å². The number of fused-ring (bicyclic) bond motifs is 1. The summed E-state index contributed by atoms with van der Waals surface area (Å²) in [5.41, 5.74) is 1.34. The second-order valence-electron chi connectivity index (χ2n) is 5.61. The third-order valence-electron chi connectivity index (χ3n) is 3.65. The van der Waals surface area contributed by atoms with Crippen LogP contribution in [0.1, 0.15) is 12.8 Å². The summed E-state index contributed by atoms with van der Waals surface area (Å²) in [6.07, 6.45) is 1.12. The van der Waals surface area contributed by atoms with E-state index in [-0.39, 0.29) is 6.67 Å². The van der Waals surface area contributed by atoms with E-state index in [4.69, 9.17) is 16.3 Å². The Morgan fingerprint density at radius 3 is 2.88 bits per heavy atom. The van der Waals surface area contributed by atoms with E-state index in [1.54, 1.807) is 36.4 Å². The number of H-pyrrole nitrogens is 1. The molecule has 3 aromatic rings. The first kappa shape index (κ1) is 18.0. The molecule has 0 spiro atoms. The number of ether oxygens (including phenoxy) is 1. The van der Waals surface area contributed by atoms with Crippen molar-refractivity contribution in [2.75, 3.05) is 23.9 Å². The van der Waals surface area contributed by atoms with Crippen molar-refractivity contribution in [3.8, 4) is 5.75 Å². The van der Waals surface area contributed by atoms with E-state index < -0.39 is 6.03 Å². The molecular weight excluding hydrogens is 359 g/mol. The van der Waals surface area contributed by atoms with Crippen molar-refractivity contribution in [1.82, 2.24) is 10.2 Å². The number of rotatable bonds is 7. The van der Waals surface area contributed by atoms with Crippen LogP contribution in [0.4, 0.5) is 20.7 Å². The highest BCUT2D eigenvalue weighted by Gasteiger charge is 2.11. The van der Waals surface area contributed by atoms with E-state index >= 15 is 0 Å². The van der Waals surface area contributed by atoms with Gasteiger partial charge < -0.3 is 10.1 Å². The van der Waals surface area contributed by atoms with Gasteiger partial charge in [0.2, 0.25) is 0 Å². The second-order valence-corrected chi connectivity index (χ2v) is 6.05. The van der Waals surface area contributed by atoms with Gasteiger partial charge in [-0.3, -0.25) is 14.8 Å². The van der Waals surface area contributed by atoms with Crippen LogP contribution in [-0.2, 0) is 0 Å². The number of unbranched alkanes of at least 4 members (excludes halogenated alkanes) is 1. The van der Waals surface area contributed by atoms with Gasteiger partial charge >= 0.3 is 6.03 Å². The minimum atomic E-state index is -0.435. The predicted octanol–water partition coefficient (Wildman–Crippen LogP) is 4.99. The van der Waals surface area contributed by atoms with E-state index in [9.17, 15) is 9.18 Å². The second kappa shape index (κ2) is 8.53. The van der Waals surface area contributed by atoms with Crippen LogP contribution in [0.25, 0.3) is 10.9 Å². The van der Waals surface area contributed by atoms with Crippen LogP contribution in [0.15, 0.2) is 42.5 Å². The molecule has 0 fully saturated rings. The quantitative estimate of drug-likeness (QED) is 0.508. The Labute approximate surface area is 154 Å². The molecule has 1 aromatic heterocycles. The molecule has 0 aliphatic carbocycles. The Hall–Kier alpha value is -2.80. The number of carbonyl (C=O) groups excluding carboxylic acids is 1. The van der Waals surface area contributed by atoms with Gasteiger partial charge in [0.05, 0.1) is 18.8 Å². The molecule has 0 unspecified atom stereocenters. The molecule has 0 bridgehead atoms. The average Bonchev–Trinajstić information content (AvgIpc) is 3.01. The fourth-order valence-corrected chi connectivity index (χ4v) is 2.59. The van der Waals surface area contributed by atoms with Crippen molar-refractivity contribution in [3.63, 3.8) is 0 Å². The molecule has 2 aromatic carbocycles. The van der Waals surface area contributed by atoms with Gasteiger partial charge in [0.15, 0.2) is 5.82 Å². The molecule has 26 heavy (non-hydrogen) atoms. The first-order chi connectivity index (χ1) is 12.7. The van der Waals surface area contributed by atoms with Crippen LogP contribution < -0.4 is 15.4 Å². The fraction of sp³-hybridized carbons (Fsp3) is 0.222. The molecular formula is C18H18ClFN4O2. The molecule has 0 aliphatic rings. The number of anilines is 2. The van der Waals surface area contributed by atoms with Gasteiger partial charge in [0, 0.05) is 16.1 Å². The molecule has 0 saturated heterocycles. The number of halogens is 2. The highest BCUT2D eigenvalue weighted by atomic mass is 35.5. The summed E-state index contributed by atoms with van der Waals surface area (Å²) in [5.74, 6) is 1.02. The lowest BCUT2D eigenvalue weighted by Gasteiger charge is -2.07. The maximum absolute atomic E-state index is 12.2. The molecule has 1 heterocycles. The lowest BCUT2D eigenvalue weighted by atomic mass is 10.2. The molecule has 3 N–H and O–H groups in total. The van der Waals surface area contributed by atoms with Gasteiger partial charge in [-0.25, -0.2) is 4.79 Å². The summed E-state index contributed by atoms with van der Waals surface area (Å²) in [7, 11) is 0. The van der Waals surface area contributed by atoms with E-state index in [0.717, 1.165) is 5.52 Å². The Balaban J connectivity index is 1.68. The number of hydrogen-bond donors (Lipinski definition) is 3. The Bertz CT molecular complexity index is 900. The zero-order chi connectivity index (χ0) is 18.4. The minimum absolute atomic E-state index is 0.347. The number of aromatic amines is 1. The number of nitrogens with one attached hydrogen (secondary N) is 3. The Morgan fingerprint density at radius 2 is 2.08 bits per heavy atom. The molecule has 3 rings (SSSR count). The van der Waals surface area contributed by atoms with Crippen LogP contribution in [0, 0.1) is 0 Å². The van der Waals surface area contributed by atoms with Crippen molar-refractivity contribution in [2.24, 2.45) is 0 Å². The van der Waals surface area contributed by atoms with E-state index in [2.05, 4.69) is 20.8 Å². The fourth-order valence-electron chi connectivity index (χ4n) is 2.40. The number of nitrogens with zero attached hydrogens (tertiary/aromatic N) is 1. The molecule has 0 atom stereocenters. The number of alkyl halides is 1. The van der Waals surface area contributed by atoms with Gasteiger partial charge in [-0.1, -0.05) is 17.7 Å². The third kappa shape index (κ3) is 4.64. The van der Waals surface area contributed by atoms with Crippen molar-refractivity contribution < 1.29 is 13.9 Å². The van der Waals surface area contributed by atoms with E-state index in [0.29, 0.717) is 47.1 Å². The first-order valence-electron chi connectivity index (χ1n) is 8.16. The maximum atomic E-state index is 12.2. The first-order valence-corrected chi connectivity index (χ1v) is 8.54. The van der Waals surface area contributed by atoms with Gasteiger partial charge in [-0.05, 0) is 49.2 Å². The topological polar surface area (TPSA) is 79.0 Å². The number of hydrogen-bond acceptors (Lipinski definition) is 3. The Kier molecular flexibility index (Phi) is 5.91. The molecule has 8 heteroatoms. The van der Waals surface area contributed by atoms with Crippen LogP contribution in [0.2, 0.25) is 5.02 Å². The number of benzene rings is 2. The highest BCUT2D eigenvalue weighted by Crippen LogP contribution is 2.26. The summed E-state index contributed by atoms with van der Waals surface area (Å²) in [4.78, 5) is 12.2. The van der Waals surface area contributed by atoms with Crippen molar-refractivity contribution in [3.05, 3.63) is 47.5 Å². The summed E-state index contributed by atoms with van der Waals surface area (Å²) in [6.45, 7) is 0.0885. The van der Waals surface area contributed by atoms with Gasteiger partial charge in [0.1, 0.15) is 5.75 Å². The summed E-state index contributed by atoms with van der Waals surface area (Å²) >= 11 is 5.90. The summed E-state index contributed by atoms with van der Waals surface area (Å²) in [5, 5.41) is 13.6. The molecule has 0 radical (unpaired) electrons. The normalized spacial score (nSPS) is 10.7. The Morgan fingerprint density at radius 1 is 1.19 bits per heavy atom. The largest absolute Gasteiger partial charge is 0.494 e. The summed E-state index contributed by atoms with van der Waals surface area (Å²) < 4.78 is 17.7. The van der Waals surface area contributed by atoms with Gasteiger partial charge in [-0.2, -0.15) is 5.10 Å². The van der Waals surface area contributed by atoms with Crippen LogP contribution >= 0.6 is 11.6 Å². The van der Waals surface area contributed by atoms with E-state index in [1.165, 1.54) is 0 Å². The molecule has 0 aliphatic heterocycles. The zero-order valence-corrected chi connectivity index (χ0v) is 14.6. The molecule has 2 amide bonds. The SMILES string of the molecule is O=C(Nc1cccc(Cl)c1)Nc1n[nH]c2ccc(OCCCCF)cc12. The predicted molar refractivity (Wildman–Crippen MR) is 101 cm³/mol. The number of urea groups is 1. The molecule has 0 saturated carbocycles. The average molecular weight is 377 g/mol. The lowest BCUT2D eigenvalue weighted by molar-refractivity contribution is 0.262. The number of amides is 2. The molecule has 6 nitrogen and oxygen atoms in total. The van der Waals surface area contributed by atoms with Crippen molar-refractivity contribution in [2.45, 2.75) is 12.8 Å². The van der Waals surface area contributed by atoms with Crippen LogP contribution in [0.5, 0.6) is 5.75 Å². The maximum Gasteiger partial charge on any atom is 0.324 e. The van der Waals surface area contributed by atoms with Crippen LogP contribution in [-0.4, -0.2) is 29.5 Å². The third-order valence-corrected chi connectivity index (χ3v) is 3.88. The van der Waals surface area contributed by atoms with E-state index in [1.807, 2.05) is 6.07 Å². The highest BCUT2D eigenvalue weighted by molar-refractivity contribution is 6.30. The van der Waals surface area contributed by atoms with Gasteiger partial charge in [0.25, 0.3) is 0 Å². The lowest BCUT2D eigenvalue weighted by Crippen LogP contribution is -2.19. The van der Waals surface area contributed by atoms with Crippen molar-refractivity contribution >= 4 is 40.0 Å². The zero-order valence-electron chi connectivity index (χ0n) is 13.9. The summed E-state index contributed by atoms with van der Waals surface area (Å²) in [6, 6.07) is 11.8. The molecule has 136 valence electrons. The smallest absolute Gasteiger partial charge is 0.324 e. The number of aromatic nitrogens is 2. The standard InChI is InChI=1S/C18H18ClFN4O2/c19-12-4-3-5-13(10-12)21-18(25)22-17-15-11-14(26-9-2-1-8-20)6-7-16(15)23-24-17/h3-7,10-11H,1-2,8-9H2,(H3,21,22,23,24,25). The monoisotopic (exact) mass is 376 g/mol. The van der Waals surface area contributed by atoms with Gasteiger partial charge in [-0.15, -0.1) is 0 Å². The van der Waals surface area contributed by atoms with Crippen molar-refractivity contribution in [1.29, 1.82) is 0 Å². The number of carbonyl (C=O) groups is 1.